The normalized spacial score (nSPS) is 10.8. The van der Waals surface area contributed by atoms with Crippen LogP contribution in [0.4, 0.5) is 5.69 Å². The molecule has 6 heteroatoms. The third-order valence-electron chi connectivity index (χ3n) is 3.40. The van der Waals surface area contributed by atoms with E-state index in [0.717, 1.165) is 26.9 Å². The number of nitrogens with zero attached hydrogens (tertiary/aromatic N) is 4. The van der Waals surface area contributed by atoms with Crippen LogP contribution in [0.2, 0.25) is 0 Å². The molecule has 0 atom stereocenters. The molecule has 3 aromatic rings. The molecule has 3 rings (SSSR count). The van der Waals surface area contributed by atoms with E-state index in [1.54, 1.807) is 4.68 Å². The fourth-order valence-electron chi connectivity index (χ4n) is 2.23. The van der Waals surface area contributed by atoms with E-state index in [1.807, 2.05) is 50.2 Å². The summed E-state index contributed by atoms with van der Waals surface area (Å²) in [6.07, 6.45) is 0. The molecule has 0 bridgehead atoms. The van der Waals surface area contributed by atoms with E-state index in [4.69, 9.17) is 5.73 Å². The maximum absolute atomic E-state index is 6.10. The van der Waals surface area contributed by atoms with Crippen LogP contribution < -0.4 is 5.73 Å². The molecule has 0 saturated heterocycles. The van der Waals surface area contributed by atoms with Crippen molar-refractivity contribution in [3.63, 3.8) is 0 Å². The van der Waals surface area contributed by atoms with Gasteiger partial charge in [-0.25, -0.2) is 0 Å². The Morgan fingerprint density at radius 1 is 1.10 bits per heavy atom. The number of aryl methyl sites for hydroxylation is 2. The van der Waals surface area contributed by atoms with Crippen molar-refractivity contribution in [2.45, 2.75) is 13.8 Å². The van der Waals surface area contributed by atoms with E-state index in [9.17, 15) is 0 Å². The number of nitrogen functional groups attached to an aromatic ring is 1. The van der Waals surface area contributed by atoms with Gasteiger partial charge in [0.15, 0.2) is 5.82 Å². The minimum Gasteiger partial charge on any atom is -0.398 e. The first-order chi connectivity index (χ1) is 10.1. The Morgan fingerprint density at radius 3 is 2.62 bits per heavy atom. The van der Waals surface area contributed by atoms with Crippen molar-refractivity contribution in [3.05, 3.63) is 52.0 Å². The maximum Gasteiger partial charge on any atom is 0.189 e. The van der Waals surface area contributed by atoms with Crippen LogP contribution in [0.25, 0.3) is 17.1 Å². The lowest BCUT2D eigenvalue weighted by Gasteiger charge is -2.10. The van der Waals surface area contributed by atoms with Gasteiger partial charge in [-0.3, -0.25) is 0 Å². The lowest BCUT2D eigenvalue weighted by atomic mass is 10.1. The number of halogens is 1. The lowest BCUT2D eigenvalue weighted by Crippen LogP contribution is -2.03. The molecule has 0 amide bonds. The van der Waals surface area contributed by atoms with Gasteiger partial charge in [0.2, 0.25) is 0 Å². The number of hydrogen-bond donors (Lipinski definition) is 1. The fraction of sp³-hybridized carbons (Fsp3) is 0.133. The molecule has 0 fully saturated rings. The molecule has 0 aliphatic rings. The third kappa shape index (κ3) is 2.42. The van der Waals surface area contributed by atoms with E-state index >= 15 is 0 Å². The molecule has 0 saturated carbocycles. The van der Waals surface area contributed by atoms with E-state index in [0.29, 0.717) is 11.5 Å². The topological polar surface area (TPSA) is 69.6 Å². The quantitative estimate of drug-likeness (QED) is 0.725. The zero-order chi connectivity index (χ0) is 15.0. The van der Waals surface area contributed by atoms with Crippen LogP contribution in [0.15, 0.2) is 40.9 Å². The molecule has 2 aromatic carbocycles. The number of benzene rings is 2. The Hall–Kier alpha value is -2.21. The standard InChI is InChI=1S/C15H14BrN5/c1-9-6-7-11(8-12(9)16)21-15(18-19-20-21)14-10(2)4-3-5-13(14)17/h3-8H,17H2,1-2H3. The molecular formula is C15H14BrN5. The molecule has 0 spiro atoms. The van der Waals surface area contributed by atoms with Crippen LogP contribution in [0, 0.1) is 13.8 Å². The van der Waals surface area contributed by atoms with Gasteiger partial charge in [0, 0.05) is 15.7 Å². The number of anilines is 1. The van der Waals surface area contributed by atoms with Crippen LogP contribution in [-0.4, -0.2) is 20.2 Å². The second-order valence-electron chi connectivity index (χ2n) is 4.89. The van der Waals surface area contributed by atoms with E-state index in [-0.39, 0.29) is 0 Å². The molecule has 0 unspecified atom stereocenters. The highest BCUT2D eigenvalue weighted by Gasteiger charge is 2.15. The van der Waals surface area contributed by atoms with E-state index in [1.165, 1.54) is 0 Å². The summed E-state index contributed by atoms with van der Waals surface area (Å²) in [6, 6.07) is 11.8. The van der Waals surface area contributed by atoms with Crippen LogP contribution >= 0.6 is 15.9 Å². The lowest BCUT2D eigenvalue weighted by molar-refractivity contribution is 0.790. The summed E-state index contributed by atoms with van der Waals surface area (Å²) < 4.78 is 2.71. The summed E-state index contributed by atoms with van der Waals surface area (Å²) in [7, 11) is 0. The van der Waals surface area contributed by atoms with Gasteiger partial charge in [-0.15, -0.1) is 5.10 Å². The summed E-state index contributed by atoms with van der Waals surface area (Å²) in [4.78, 5) is 0. The molecule has 0 radical (unpaired) electrons. The van der Waals surface area contributed by atoms with Gasteiger partial charge >= 0.3 is 0 Å². The molecular weight excluding hydrogens is 330 g/mol. The SMILES string of the molecule is Cc1ccc(-n2nnnc2-c2c(C)cccc2N)cc1Br. The van der Waals surface area contributed by atoms with Gasteiger partial charge in [-0.05, 0) is 53.6 Å². The van der Waals surface area contributed by atoms with Crippen molar-refractivity contribution in [3.8, 4) is 17.1 Å². The summed E-state index contributed by atoms with van der Waals surface area (Å²) in [5.74, 6) is 0.640. The van der Waals surface area contributed by atoms with Crippen LogP contribution in [0.3, 0.4) is 0 Å². The number of rotatable bonds is 2. The highest BCUT2D eigenvalue weighted by Crippen LogP contribution is 2.29. The Morgan fingerprint density at radius 2 is 1.90 bits per heavy atom. The molecule has 1 heterocycles. The van der Waals surface area contributed by atoms with E-state index in [2.05, 4.69) is 31.5 Å². The second-order valence-corrected chi connectivity index (χ2v) is 5.74. The molecule has 21 heavy (non-hydrogen) atoms. The summed E-state index contributed by atoms with van der Waals surface area (Å²) in [6.45, 7) is 4.03. The van der Waals surface area contributed by atoms with Crippen molar-refractivity contribution in [2.75, 3.05) is 5.73 Å². The monoisotopic (exact) mass is 343 g/mol. The smallest absolute Gasteiger partial charge is 0.189 e. The van der Waals surface area contributed by atoms with Gasteiger partial charge in [0.25, 0.3) is 0 Å². The fourth-order valence-corrected chi connectivity index (χ4v) is 2.59. The second kappa shape index (κ2) is 5.29. The zero-order valence-electron chi connectivity index (χ0n) is 11.7. The van der Waals surface area contributed by atoms with Gasteiger partial charge in [0.05, 0.1) is 5.69 Å². The van der Waals surface area contributed by atoms with Gasteiger partial charge in [-0.1, -0.05) is 34.1 Å². The van der Waals surface area contributed by atoms with Gasteiger partial charge < -0.3 is 5.73 Å². The molecule has 5 nitrogen and oxygen atoms in total. The van der Waals surface area contributed by atoms with Crippen molar-refractivity contribution in [2.24, 2.45) is 0 Å². The van der Waals surface area contributed by atoms with Crippen LogP contribution in [0.5, 0.6) is 0 Å². The van der Waals surface area contributed by atoms with Crippen molar-refractivity contribution in [1.29, 1.82) is 0 Å². The first-order valence-electron chi connectivity index (χ1n) is 6.48. The van der Waals surface area contributed by atoms with E-state index < -0.39 is 0 Å². The molecule has 0 aliphatic carbocycles. The van der Waals surface area contributed by atoms with Gasteiger partial charge in [0.1, 0.15) is 0 Å². The molecule has 106 valence electrons. The molecule has 1 aromatic heterocycles. The Balaban J connectivity index is 2.20. The number of hydrogen-bond acceptors (Lipinski definition) is 4. The van der Waals surface area contributed by atoms with Crippen molar-refractivity contribution in [1.82, 2.24) is 20.2 Å². The first kappa shape index (κ1) is 13.8. The third-order valence-corrected chi connectivity index (χ3v) is 4.25. The predicted octanol–water partition coefficient (Wildman–Crippen LogP) is 3.29. The van der Waals surface area contributed by atoms with Crippen LogP contribution in [0.1, 0.15) is 11.1 Å². The maximum atomic E-state index is 6.10. The number of nitrogens with two attached hydrogens (primary N) is 1. The summed E-state index contributed by atoms with van der Waals surface area (Å²) >= 11 is 3.53. The highest BCUT2D eigenvalue weighted by atomic mass is 79.9. The number of aromatic nitrogens is 4. The minimum atomic E-state index is 0.640. The average Bonchev–Trinajstić information content (AvgIpc) is 2.91. The zero-order valence-corrected chi connectivity index (χ0v) is 13.3. The molecule has 0 aliphatic heterocycles. The first-order valence-corrected chi connectivity index (χ1v) is 7.27. The Bertz CT molecular complexity index is 789. The Kier molecular flexibility index (Phi) is 3.47. The largest absolute Gasteiger partial charge is 0.398 e. The highest BCUT2D eigenvalue weighted by molar-refractivity contribution is 9.10. The Labute approximate surface area is 130 Å². The molecule has 2 N–H and O–H groups in total. The predicted molar refractivity (Wildman–Crippen MR) is 86.2 cm³/mol. The van der Waals surface area contributed by atoms with Crippen molar-refractivity contribution < 1.29 is 0 Å². The minimum absolute atomic E-state index is 0.640. The van der Waals surface area contributed by atoms with Crippen LogP contribution in [-0.2, 0) is 0 Å². The summed E-state index contributed by atoms with van der Waals surface area (Å²) in [5, 5.41) is 12.0. The van der Waals surface area contributed by atoms with Crippen molar-refractivity contribution >= 4 is 21.6 Å². The van der Waals surface area contributed by atoms with Gasteiger partial charge in [-0.2, -0.15) is 4.68 Å². The number of tetrazole rings is 1. The average molecular weight is 344 g/mol. The summed E-state index contributed by atoms with van der Waals surface area (Å²) in [5.41, 5.74) is 10.7.